The smallest absolute Gasteiger partial charge is 0.257 e. The molecule has 1 atom stereocenters. The summed E-state index contributed by atoms with van der Waals surface area (Å²) >= 11 is 0. The number of nitrogens with one attached hydrogen (secondary N) is 2. The lowest BCUT2D eigenvalue weighted by atomic mass is 9.97. The number of hydrogen-bond donors (Lipinski definition) is 2. The lowest BCUT2D eigenvalue weighted by molar-refractivity contribution is -0.132. The van der Waals surface area contributed by atoms with E-state index >= 15 is 0 Å². The summed E-state index contributed by atoms with van der Waals surface area (Å²) < 4.78 is 5.51. The summed E-state index contributed by atoms with van der Waals surface area (Å²) in [7, 11) is 0. The molecular weight excluding hydrogens is 356 g/mol. The molecule has 7 nitrogen and oxygen atoms in total. The molecule has 1 aromatic heterocycles. The van der Waals surface area contributed by atoms with Gasteiger partial charge in [-0.3, -0.25) is 14.7 Å². The molecule has 7 heteroatoms. The van der Waals surface area contributed by atoms with Gasteiger partial charge in [-0.2, -0.15) is 5.10 Å². The SMILES string of the molecule is Cc1ccc(OCC(=O)NCC2CCCN(C(=O)CCc3cn[nH]c3)C2)cc1. The van der Waals surface area contributed by atoms with Crippen molar-refractivity contribution in [1.29, 1.82) is 0 Å². The molecule has 150 valence electrons. The van der Waals surface area contributed by atoms with E-state index in [4.69, 9.17) is 4.74 Å². The lowest BCUT2D eigenvalue weighted by Crippen LogP contribution is -2.44. The first kappa shape index (κ1) is 19.9. The number of aromatic nitrogens is 2. The second kappa shape index (κ2) is 9.92. The van der Waals surface area contributed by atoms with E-state index in [0.717, 1.165) is 30.5 Å². The summed E-state index contributed by atoms with van der Waals surface area (Å²) in [6.07, 6.45) is 6.75. The maximum atomic E-state index is 12.4. The van der Waals surface area contributed by atoms with Gasteiger partial charge in [0.2, 0.25) is 5.91 Å². The van der Waals surface area contributed by atoms with Crippen LogP contribution in [0.1, 0.15) is 30.4 Å². The third-order valence-electron chi connectivity index (χ3n) is 5.03. The molecule has 1 aliphatic rings. The molecule has 0 aliphatic carbocycles. The van der Waals surface area contributed by atoms with Crippen molar-refractivity contribution < 1.29 is 14.3 Å². The monoisotopic (exact) mass is 384 g/mol. The number of ether oxygens (including phenoxy) is 1. The normalized spacial score (nSPS) is 16.6. The van der Waals surface area contributed by atoms with Crippen LogP contribution in [0.25, 0.3) is 0 Å². The molecule has 2 N–H and O–H groups in total. The molecule has 0 saturated carbocycles. The van der Waals surface area contributed by atoms with Crippen LogP contribution in [0, 0.1) is 12.8 Å². The van der Waals surface area contributed by atoms with Gasteiger partial charge in [0.05, 0.1) is 6.20 Å². The predicted octanol–water partition coefficient (Wildman–Crippen LogP) is 2.08. The van der Waals surface area contributed by atoms with Crippen LogP contribution in [-0.4, -0.2) is 53.2 Å². The molecule has 2 heterocycles. The van der Waals surface area contributed by atoms with Crippen LogP contribution in [0.4, 0.5) is 0 Å². The number of likely N-dealkylation sites (tertiary alicyclic amines) is 1. The molecule has 0 bridgehead atoms. The number of carbonyl (C=O) groups is 2. The highest BCUT2D eigenvalue weighted by atomic mass is 16.5. The molecule has 1 unspecified atom stereocenters. The van der Waals surface area contributed by atoms with E-state index in [0.29, 0.717) is 31.7 Å². The van der Waals surface area contributed by atoms with Crippen LogP contribution in [0.15, 0.2) is 36.7 Å². The third-order valence-corrected chi connectivity index (χ3v) is 5.03. The highest BCUT2D eigenvalue weighted by Crippen LogP contribution is 2.17. The zero-order valence-corrected chi connectivity index (χ0v) is 16.3. The van der Waals surface area contributed by atoms with Crippen LogP contribution in [0.3, 0.4) is 0 Å². The van der Waals surface area contributed by atoms with Crippen LogP contribution in [0.5, 0.6) is 5.75 Å². The number of benzene rings is 1. The van der Waals surface area contributed by atoms with E-state index in [1.807, 2.05) is 42.3 Å². The molecule has 1 saturated heterocycles. The Hall–Kier alpha value is -2.83. The molecule has 1 aliphatic heterocycles. The van der Waals surface area contributed by atoms with Crippen molar-refractivity contribution in [2.45, 2.75) is 32.6 Å². The van der Waals surface area contributed by atoms with E-state index in [1.54, 1.807) is 6.20 Å². The maximum Gasteiger partial charge on any atom is 0.257 e. The second-order valence-electron chi connectivity index (χ2n) is 7.36. The molecule has 28 heavy (non-hydrogen) atoms. The van der Waals surface area contributed by atoms with Gasteiger partial charge in [-0.15, -0.1) is 0 Å². The van der Waals surface area contributed by atoms with Crippen molar-refractivity contribution in [3.8, 4) is 5.75 Å². The Morgan fingerprint density at radius 3 is 2.89 bits per heavy atom. The van der Waals surface area contributed by atoms with Gasteiger partial charge in [0.1, 0.15) is 5.75 Å². The summed E-state index contributed by atoms with van der Waals surface area (Å²) in [6.45, 7) is 4.07. The van der Waals surface area contributed by atoms with Crippen molar-refractivity contribution in [2.24, 2.45) is 5.92 Å². The fourth-order valence-corrected chi connectivity index (χ4v) is 3.37. The number of aryl methyl sites for hydroxylation is 2. The van der Waals surface area contributed by atoms with E-state index < -0.39 is 0 Å². The summed E-state index contributed by atoms with van der Waals surface area (Å²) in [5.74, 6) is 1.01. The standard InChI is InChI=1S/C21H28N4O3/c1-16-4-7-19(8-5-16)28-15-20(26)22-11-18-3-2-10-25(14-18)21(27)9-6-17-12-23-24-13-17/h4-5,7-8,12-13,18H,2-3,6,9-11,14-15H2,1H3,(H,22,26)(H,23,24). The summed E-state index contributed by atoms with van der Waals surface area (Å²) in [5, 5.41) is 9.60. The van der Waals surface area contributed by atoms with Crippen LogP contribution in [0.2, 0.25) is 0 Å². The first-order valence-corrected chi connectivity index (χ1v) is 9.82. The van der Waals surface area contributed by atoms with Crippen LogP contribution in [-0.2, 0) is 16.0 Å². The molecule has 0 spiro atoms. The van der Waals surface area contributed by atoms with Gasteiger partial charge in [-0.25, -0.2) is 0 Å². The molecule has 1 aromatic carbocycles. The minimum absolute atomic E-state index is 0.00310. The summed E-state index contributed by atoms with van der Waals surface area (Å²) in [5.41, 5.74) is 2.20. The first-order chi connectivity index (χ1) is 13.6. The summed E-state index contributed by atoms with van der Waals surface area (Å²) in [4.78, 5) is 26.4. The van der Waals surface area contributed by atoms with Gasteiger partial charge in [-0.1, -0.05) is 17.7 Å². The average molecular weight is 384 g/mol. The third kappa shape index (κ3) is 6.11. The zero-order chi connectivity index (χ0) is 19.8. The van der Waals surface area contributed by atoms with Crippen molar-refractivity contribution in [3.05, 3.63) is 47.8 Å². The summed E-state index contributed by atoms with van der Waals surface area (Å²) in [6, 6.07) is 7.62. The molecule has 2 amide bonds. The Morgan fingerprint density at radius 1 is 1.32 bits per heavy atom. The lowest BCUT2D eigenvalue weighted by Gasteiger charge is -2.33. The largest absolute Gasteiger partial charge is 0.484 e. The van der Waals surface area contributed by atoms with Crippen LogP contribution < -0.4 is 10.1 Å². The predicted molar refractivity (Wildman–Crippen MR) is 106 cm³/mol. The fourth-order valence-electron chi connectivity index (χ4n) is 3.37. The topological polar surface area (TPSA) is 87.3 Å². The quantitative estimate of drug-likeness (QED) is 0.730. The number of H-pyrrole nitrogens is 1. The zero-order valence-electron chi connectivity index (χ0n) is 16.3. The maximum absolute atomic E-state index is 12.4. The number of nitrogens with zero attached hydrogens (tertiary/aromatic N) is 2. The van der Waals surface area contributed by atoms with Gasteiger partial charge in [0, 0.05) is 32.3 Å². The van der Waals surface area contributed by atoms with Gasteiger partial charge in [0.25, 0.3) is 5.91 Å². The second-order valence-corrected chi connectivity index (χ2v) is 7.36. The Balaban J connectivity index is 1.36. The number of piperidine rings is 1. The highest BCUT2D eigenvalue weighted by Gasteiger charge is 2.23. The van der Waals surface area contributed by atoms with Gasteiger partial charge in [0.15, 0.2) is 6.61 Å². The Morgan fingerprint density at radius 2 is 2.14 bits per heavy atom. The molecule has 1 fully saturated rings. The Kier molecular flexibility index (Phi) is 7.06. The van der Waals surface area contributed by atoms with Gasteiger partial charge in [-0.05, 0) is 49.8 Å². The molecular formula is C21H28N4O3. The number of hydrogen-bond acceptors (Lipinski definition) is 4. The Labute approximate surface area is 165 Å². The van der Waals surface area contributed by atoms with Crippen molar-refractivity contribution in [1.82, 2.24) is 20.4 Å². The van der Waals surface area contributed by atoms with Gasteiger partial charge >= 0.3 is 0 Å². The highest BCUT2D eigenvalue weighted by molar-refractivity contribution is 5.77. The number of carbonyl (C=O) groups excluding carboxylic acids is 2. The number of rotatable bonds is 8. The van der Waals surface area contributed by atoms with Crippen LogP contribution >= 0.6 is 0 Å². The Bertz CT molecular complexity index is 758. The van der Waals surface area contributed by atoms with Crippen molar-refractivity contribution in [2.75, 3.05) is 26.2 Å². The van der Waals surface area contributed by atoms with Gasteiger partial charge < -0.3 is 15.0 Å². The molecule has 3 rings (SSSR count). The van der Waals surface area contributed by atoms with E-state index in [2.05, 4.69) is 15.5 Å². The molecule has 0 radical (unpaired) electrons. The minimum Gasteiger partial charge on any atom is -0.484 e. The fraction of sp³-hybridized carbons (Fsp3) is 0.476. The van der Waals surface area contributed by atoms with Crippen molar-refractivity contribution >= 4 is 11.8 Å². The average Bonchev–Trinajstić information content (AvgIpc) is 3.24. The van der Waals surface area contributed by atoms with E-state index in [1.165, 1.54) is 0 Å². The van der Waals surface area contributed by atoms with E-state index in [9.17, 15) is 9.59 Å². The minimum atomic E-state index is -0.135. The van der Waals surface area contributed by atoms with E-state index in [-0.39, 0.29) is 24.3 Å². The molecule has 2 aromatic rings. The van der Waals surface area contributed by atoms with Crippen molar-refractivity contribution in [3.63, 3.8) is 0 Å². The number of aromatic amines is 1. The number of amides is 2. The first-order valence-electron chi connectivity index (χ1n) is 9.82.